The highest BCUT2D eigenvalue weighted by molar-refractivity contribution is 5.76. The molecule has 1 amide bonds. The molecule has 2 aliphatic heterocycles. The fourth-order valence-electron chi connectivity index (χ4n) is 3.81. The van der Waals surface area contributed by atoms with Crippen LogP contribution in [0.2, 0.25) is 0 Å². The second-order valence-corrected chi connectivity index (χ2v) is 7.05. The highest BCUT2D eigenvalue weighted by Crippen LogP contribution is 2.25. The number of likely N-dealkylation sites (tertiary alicyclic amines) is 1. The van der Waals surface area contributed by atoms with Crippen molar-refractivity contribution in [2.75, 3.05) is 31.1 Å². The molecule has 140 valence electrons. The third-order valence-electron chi connectivity index (χ3n) is 5.31. The van der Waals surface area contributed by atoms with Gasteiger partial charge in [-0.2, -0.15) is 4.52 Å². The van der Waals surface area contributed by atoms with Crippen molar-refractivity contribution < 1.29 is 13.6 Å². The van der Waals surface area contributed by atoms with Crippen LogP contribution in [0.15, 0.2) is 12.1 Å². The molecule has 2 aliphatic rings. The molecular formula is C17H22F2N6O. The molecule has 0 atom stereocenters. The van der Waals surface area contributed by atoms with Crippen molar-refractivity contribution in [3.05, 3.63) is 18.0 Å². The minimum Gasteiger partial charge on any atom is -0.355 e. The average Bonchev–Trinajstić information content (AvgIpc) is 3.08. The predicted octanol–water partition coefficient (Wildman–Crippen LogP) is 2.29. The standard InChI is InChI=1S/C17H22F2N6O/c18-16(19)17-21-20-13-4-5-14(22-25(13)17)23-9-6-12(7-10-23)11-24-8-2-1-3-15(24)26/h4-5,12,16H,1-3,6-11H2. The van der Waals surface area contributed by atoms with Gasteiger partial charge in [-0.3, -0.25) is 4.79 Å². The number of carbonyl (C=O) groups is 1. The fourth-order valence-corrected chi connectivity index (χ4v) is 3.81. The van der Waals surface area contributed by atoms with Crippen molar-refractivity contribution in [2.24, 2.45) is 5.92 Å². The van der Waals surface area contributed by atoms with E-state index in [1.165, 1.54) is 0 Å². The van der Waals surface area contributed by atoms with E-state index < -0.39 is 12.2 Å². The highest BCUT2D eigenvalue weighted by Gasteiger charge is 2.26. The van der Waals surface area contributed by atoms with Gasteiger partial charge < -0.3 is 9.80 Å². The number of hydrogen-bond donors (Lipinski definition) is 0. The maximum absolute atomic E-state index is 13.0. The van der Waals surface area contributed by atoms with Gasteiger partial charge in [0.15, 0.2) is 5.65 Å². The summed E-state index contributed by atoms with van der Waals surface area (Å²) in [5.74, 6) is 0.994. The molecular weight excluding hydrogens is 342 g/mol. The summed E-state index contributed by atoms with van der Waals surface area (Å²) in [4.78, 5) is 16.1. The number of hydrogen-bond acceptors (Lipinski definition) is 5. The number of amides is 1. The smallest absolute Gasteiger partial charge is 0.299 e. The number of alkyl halides is 2. The Kier molecular flexibility index (Phi) is 4.69. The highest BCUT2D eigenvalue weighted by atomic mass is 19.3. The van der Waals surface area contributed by atoms with Gasteiger partial charge in [-0.05, 0) is 43.7 Å². The molecule has 0 aromatic carbocycles. The lowest BCUT2D eigenvalue weighted by atomic mass is 9.95. The van der Waals surface area contributed by atoms with Gasteiger partial charge >= 0.3 is 0 Å². The third kappa shape index (κ3) is 3.34. The number of piperidine rings is 2. The molecule has 0 radical (unpaired) electrons. The van der Waals surface area contributed by atoms with E-state index in [1.54, 1.807) is 12.1 Å². The Morgan fingerprint density at radius 1 is 1.12 bits per heavy atom. The van der Waals surface area contributed by atoms with Crippen LogP contribution >= 0.6 is 0 Å². The molecule has 0 unspecified atom stereocenters. The zero-order chi connectivity index (χ0) is 18.1. The summed E-state index contributed by atoms with van der Waals surface area (Å²) in [6, 6.07) is 3.47. The molecule has 9 heteroatoms. The fraction of sp³-hybridized carbons (Fsp3) is 0.647. The predicted molar refractivity (Wildman–Crippen MR) is 91.1 cm³/mol. The van der Waals surface area contributed by atoms with Gasteiger partial charge in [0.1, 0.15) is 5.82 Å². The van der Waals surface area contributed by atoms with E-state index in [0.29, 0.717) is 23.8 Å². The zero-order valence-corrected chi connectivity index (χ0v) is 14.5. The van der Waals surface area contributed by atoms with E-state index in [-0.39, 0.29) is 5.91 Å². The average molecular weight is 364 g/mol. The summed E-state index contributed by atoms with van der Waals surface area (Å²) < 4.78 is 27.1. The molecule has 0 aliphatic carbocycles. The molecule has 26 heavy (non-hydrogen) atoms. The van der Waals surface area contributed by atoms with E-state index in [9.17, 15) is 13.6 Å². The Bertz CT molecular complexity index is 787. The van der Waals surface area contributed by atoms with Crippen molar-refractivity contribution in [3.63, 3.8) is 0 Å². The number of nitrogens with zero attached hydrogens (tertiary/aromatic N) is 6. The van der Waals surface area contributed by atoms with E-state index >= 15 is 0 Å². The van der Waals surface area contributed by atoms with Crippen LogP contribution in [0.1, 0.15) is 44.4 Å². The SMILES string of the molecule is O=C1CCCCN1CC1CCN(c2ccc3nnc(C(F)F)n3n2)CC1. The van der Waals surface area contributed by atoms with Crippen molar-refractivity contribution in [1.29, 1.82) is 0 Å². The van der Waals surface area contributed by atoms with Crippen LogP contribution in [-0.4, -0.2) is 56.8 Å². The first-order valence-corrected chi connectivity index (χ1v) is 9.15. The van der Waals surface area contributed by atoms with Crippen LogP contribution in [0.3, 0.4) is 0 Å². The van der Waals surface area contributed by atoms with Crippen molar-refractivity contribution in [1.82, 2.24) is 24.7 Å². The topological polar surface area (TPSA) is 66.6 Å². The summed E-state index contributed by atoms with van der Waals surface area (Å²) >= 11 is 0. The maximum Gasteiger partial charge on any atom is 0.299 e. The molecule has 0 saturated carbocycles. The summed E-state index contributed by atoms with van der Waals surface area (Å²) in [5.41, 5.74) is 0.322. The molecule has 2 fully saturated rings. The number of rotatable bonds is 4. The number of halogens is 2. The number of fused-ring (bicyclic) bond motifs is 1. The van der Waals surface area contributed by atoms with Gasteiger partial charge in [-0.15, -0.1) is 15.3 Å². The number of anilines is 1. The Morgan fingerprint density at radius 2 is 1.92 bits per heavy atom. The molecule has 2 saturated heterocycles. The van der Waals surface area contributed by atoms with Crippen LogP contribution < -0.4 is 4.90 Å². The zero-order valence-electron chi connectivity index (χ0n) is 14.5. The first-order valence-electron chi connectivity index (χ1n) is 9.15. The van der Waals surface area contributed by atoms with Crippen LogP contribution in [0.4, 0.5) is 14.6 Å². The maximum atomic E-state index is 13.0. The minimum atomic E-state index is -2.71. The molecule has 4 heterocycles. The Balaban J connectivity index is 1.40. The van der Waals surface area contributed by atoms with Crippen LogP contribution in [0.5, 0.6) is 0 Å². The molecule has 0 spiro atoms. The number of aromatic nitrogens is 4. The second kappa shape index (κ2) is 7.13. The summed E-state index contributed by atoms with van der Waals surface area (Å²) in [6.45, 7) is 3.32. The number of carbonyl (C=O) groups excluding carboxylic acids is 1. The van der Waals surface area contributed by atoms with Crippen LogP contribution in [-0.2, 0) is 4.79 Å². The van der Waals surface area contributed by atoms with Crippen LogP contribution in [0, 0.1) is 5.92 Å². The van der Waals surface area contributed by atoms with E-state index in [0.717, 1.165) is 56.4 Å². The lowest BCUT2D eigenvalue weighted by Gasteiger charge is -2.36. The van der Waals surface area contributed by atoms with Gasteiger partial charge in [0.05, 0.1) is 0 Å². The van der Waals surface area contributed by atoms with Crippen molar-refractivity contribution in [2.45, 2.75) is 38.5 Å². The van der Waals surface area contributed by atoms with Gasteiger partial charge in [0.25, 0.3) is 6.43 Å². The summed E-state index contributed by atoms with van der Waals surface area (Å²) in [5, 5.41) is 11.5. The Labute approximate surface area is 150 Å². The van der Waals surface area contributed by atoms with Gasteiger partial charge in [0.2, 0.25) is 11.7 Å². The molecule has 0 bridgehead atoms. The monoisotopic (exact) mass is 364 g/mol. The second-order valence-electron chi connectivity index (χ2n) is 7.05. The lowest BCUT2D eigenvalue weighted by Crippen LogP contribution is -2.43. The minimum absolute atomic E-state index is 0.276. The third-order valence-corrected chi connectivity index (χ3v) is 5.31. The summed E-state index contributed by atoms with van der Waals surface area (Å²) in [6.07, 6.45) is 2.00. The normalized spacial score (nSPS) is 19.7. The van der Waals surface area contributed by atoms with Crippen molar-refractivity contribution >= 4 is 17.4 Å². The Hall–Kier alpha value is -2.32. The largest absolute Gasteiger partial charge is 0.355 e. The van der Waals surface area contributed by atoms with E-state index in [1.807, 2.05) is 4.90 Å². The van der Waals surface area contributed by atoms with Crippen LogP contribution in [0.25, 0.3) is 5.65 Å². The van der Waals surface area contributed by atoms with E-state index in [2.05, 4.69) is 20.2 Å². The van der Waals surface area contributed by atoms with Crippen molar-refractivity contribution in [3.8, 4) is 0 Å². The quantitative estimate of drug-likeness (QED) is 0.833. The van der Waals surface area contributed by atoms with Gasteiger partial charge in [-0.1, -0.05) is 0 Å². The first kappa shape index (κ1) is 17.1. The molecule has 0 N–H and O–H groups in total. The molecule has 7 nitrogen and oxygen atoms in total. The van der Waals surface area contributed by atoms with E-state index in [4.69, 9.17) is 0 Å². The molecule has 2 aromatic rings. The van der Waals surface area contributed by atoms with Gasteiger partial charge in [0, 0.05) is 32.6 Å². The Morgan fingerprint density at radius 3 is 2.65 bits per heavy atom. The first-order chi connectivity index (χ1) is 12.6. The summed E-state index contributed by atoms with van der Waals surface area (Å²) in [7, 11) is 0. The molecule has 4 rings (SSSR count). The molecule has 2 aromatic heterocycles. The van der Waals surface area contributed by atoms with Gasteiger partial charge in [-0.25, -0.2) is 8.78 Å². The lowest BCUT2D eigenvalue weighted by molar-refractivity contribution is -0.134.